The molecule has 2 saturated heterocycles. The molecule has 2 aliphatic heterocycles. The van der Waals surface area contributed by atoms with Crippen LogP contribution < -0.4 is 0 Å². The number of rotatable bonds is 5. The molecule has 0 bridgehead atoms. The molecular formula is C18H29N3OS. The highest BCUT2D eigenvalue weighted by Crippen LogP contribution is 2.39. The number of piperidine rings is 1. The van der Waals surface area contributed by atoms with Gasteiger partial charge in [-0.15, -0.1) is 11.3 Å². The van der Waals surface area contributed by atoms with Crippen LogP contribution in [0.2, 0.25) is 0 Å². The molecule has 0 unspecified atom stereocenters. The minimum absolute atomic E-state index is 0.148. The van der Waals surface area contributed by atoms with Crippen LogP contribution in [0.4, 0.5) is 0 Å². The first-order valence-electron chi connectivity index (χ1n) is 8.71. The summed E-state index contributed by atoms with van der Waals surface area (Å²) in [6.07, 6.45) is 4.08. The topological polar surface area (TPSA) is 26.8 Å². The number of likely N-dealkylation sites (N-methyl/N-ethyl adjacent to an activating group) is 1. The van der Waals surface area contributed by atoms with Crippen molar-refractivity contribution in [2.24, 2.45) is 0 Å². The Morgan fingerprint density at radius 2 is 1.96 bits per heavy atom. The Balaban J connectivity index is 1.58. The fraction of sp³-hybridized carbons (Fsp3) is 0.722. The molecule has 5 heteroatoms. The maximum atomic E-state index is 12.3. The lowest BCUT2D eigenvalue weighted by Crippen LogP contribution is -2.54. The SMILES string of the molecule is Cc1ccc(CN2CCC3(CCC(=O)N3CCN(C)C)CC2)s1. The van der Waals surface area contributed by atoms with E-state index in [-0.39, 0.29) is 5.54 Å². The number of amides is 1. The smallest absolute Gasteiger partial charge is 0.223 e. The number of hydrogen-bond acceptors (Lipinski definition) is 4. The van der Waals surface area contributed by atoms with Crippen LogP contribution >= 0.6 is 11.3 Å². The van der Waals surface area contributed by atoms with Crippen molar-refractivity contribution in [1.82, 2.24) is 14.7 Å². The number of carbonyl (C=O) groups excluding carboxylic acids is 1. The molecule has 1 spiro atoms. The van der Waals surface area contributed by atoms with E-state index in [0.29, 0.717) is 5.91 Å². The van der Waals surface area contributed by atoms with E-state index in [2.05, 4.69) is 47.9 Å². The summed E-state index contributed by atoms with van der Waals surface area (Å²) >= 11 is 1.91. The van der Waals surface area contributed by atoms with E-state index >= 15 is 0 Å². The molecule has 0 aromatic carbocycles. The van der Waals surface area contributed by atoms with Crippen molar-refractivity contribution in [1.29, 1.82) is 0 Å². The van der Waals surface area contributed by atoms with Gasteiger partial charge in [-0.05, 0) is 52.4 Å². The molecule has 1 amide bonds. The summed E-state index contributed by atoms with van der Waals surface area (Å²) in [7, 11) is 4.16. The number of hydrogen-bond donors (Lipinski definition) is 0. The predicted octanol–water partition coefficient (Wildman–Crippen LogP) is 2.58. The quantitative estimate of drug-likeness (QED) is 0.827. The predicted molar refractivity (Wildman–Crippen MR) is 95.8 cm³/mol. The normalized spacial score (nSPS) is 21.7. The van der Waals surface area contributed by atoms with Crippen molar-refractivity contribution in [3.05, 3.63) is 21.9 Å². The molecule has 3 heterocycles. The van der Waals surface area contributed by atoms with E-state index in [1.807, 2.05) is 11.3 Å². The first-order valence-corrected chi connectivity index (χ1v) is 9.53. The van der Waals surface area contributed by atoms with Crippen LogP contribution in [0.3, 0.4) is 0 Å². The van der Waals surface area contributed by atoms with Crippen molar-refractivity contribution in [2.45, 2.75) is 44.7 Å². The average Bonchev–Trinajstić information content (AvgIpc) is 3.04. The Hall–Kier alpha value is -0.910. The van der Waals surface area contributed by atoms with Gasteiger partial charge in [0.2, 0.25) is 5.91 Å². The summed E-state index contributed by atoms with van der Waals surface area (Å²) in [6, 6.07) is 4.47. The van der Waals surface area contributed by atoms with Gasteiger partial charge in [0.1, 0.15) is 0 Å². The van der Waals surface area contributed by atoms with E-state index in [0.717, 1.165) is 58.4 Å². The molecule has 3 rings (SSSR count). The Morgan fingerprint density at radius 3 is 2.57 bits per heavy atom. The summed E-state index contributed by atoms with van der Waals surface area (Å²) in [5.41, 5.74) is 0.148. The Kier molecular flexibility index (Phi) is 5.09. The van der Waals surface area contributed by atoms with Crippen LogP contribution in [-0.2, 0) is 11.3 Å². The lowest BCUT2D eigenvalue weighted by atomic mass is 9.85. The van der Waals surface area contributed by atoms with Crippen LogP contribution in [0.1, 0.15) is 35.4 Å². The summed E-state index contributed by atoms with van der Waals surface area (Å²) in [5.74, 6) is 0.370. The van der Waals surface area contributed by atoms with Crippen LogP contribution in [0.15, 0.2) is 12.1 Å². The van der Waals surface area contributed by atoms with Gasteiger partial charge in [0, 0.05) is 54.4 Å². The third-order valence-corrected chi connectivity index (χ3v) is 6.40. The lowest BCUT2D eigenvalue weighted by molar-refractivity contribution is -0.132. The molecule has 0 saturated carbocycles. The molecular weight excluding hydrogens is 306 g/mol. The third-order valence-electron chi connectivity index (χ3n) is 5.41. The first kappa shape index (κ1) is 16.9. The highest BCUT2D eigenvalue weighted by atomic mass is 32.1. The monoisotopic (exact) mass is 335 g/mol. The van der Waals surface area contributed by atoms with Gasteiger partial charge in [0.05, 0.1) is 0 Å². The van der Waals surface area contributed by atoms with Gasteiger partial charge in [-0.3, -0.25) is 9.69 Å². The van der Waals surface area contributed by atoms with E-state index in [1.54, 1.807) is 0 Å². The number of carbonyl (C=O) groups is 1. The van der Waals surface area contributed by atoms with E-state index in [9.17, 15) is 4.79 Å². The number of aryl methyl sites for hydroxylation is 1. The van der Waals surface area contributed by atoms with Crippen molar-refractivity contribution in [2.75, 3.05) is 40.3 Å². The molecule has 0 atom stereocenters. The van der Waals surface area contributed by atoms with E-state index in [1.165, 1.54) is 9.75 Å². The number of thiophene rings is 1. The highest BCUT2D eigenvalue weighted by molar-refractivity contribution is 7.11. The zero-order valence-corrected chi connectivity index (χ0v) is 15.5. The Morgan fingerprint density at radius 1 is 1.22 bits per heavy atom. The van der Waals surface area contributed by atoms with Crippen LogP contribution in [-0.4, -0.2) is 66.4 Å². The fourth-order valence-corrected chi connectivity index (χ4v) is 4.91. The van der Waals surface area contributed by atoms with Gasteiger partial charge in [-0.25, -0.2) is 0 Å². The van der Waals surface area contributed by atoms with Crippen molar-refractivity contribution in [3.8, 4) is 0 Å². The van der Waals surface area contributed by atoms with Gasteiger partial charge >= 0.3 is 0 Å². The zero-order valence-electron chi connectivity index (χ0n) is 14.7. The molecule has 128 valence electrons. The third kappa shape index (κ3) is 3.78. The van der Waals surface area contributed by atoms with Crippen LogP contribution in [0.25, 0.3) is 0 Å². The molecule has 0 N–H and O–H groups in total. The highest BCUT2D eigenvalue weighted by Gasteiger charge is 2.46. The standard InChI is InChI=1S/C18H29N3OS/c1-15-4-5-16(23-15)14-20-10-8-18(9-11-20)7-6-17(22)21(18)13-12-19(2)3/h4-5H,6-14H2,1-3H3. The van der Waals surface area contributed by atoms with Gasteiger partial charge in [0.25, 0.3) is 0 Å². The molecule has 0 radical (unpaired) electrons. The van der Waals surface area contributed by atoms with Crippen LogP contribution in [0.5, 0.6) is 0 Å². The largest absolute Gasteiger partial charge is 0.336 e. The second-order valence-corrected chi connectivity index (χ2v) is 8.73. The van der Waals surface area contributed by atoms with E-state index in [4.69, 9.17) is 0 Å². The molecule has 23 heavy (non-hydrogen) atoms. The second kappa shape index (κ2) is 6.91. The van der Waals surface area contributed by atoms with Gasteiger partial charge in [-0.2, -0.15) is 0 Å². The maximum Gasteiger partial charge on any atom is 0.223 e. The summed E-state index contributed by atoms with van der Waals surface area (Å²) in [5, 5.41) is 0. The summed E-state index contributed by atoms with van der Waals surface area (Å²) in [4.78, 5) is 22.1. The molecule has 1 aromatic heterocycles. The second-order valence-electron chi connectivity index (χ2n) is 7.36. The van der Waals surface area contributed by atoms with Gasteiger partial charge in [0.15, 0.2) is 0 Å². The average molecular weight is 336 g/mol. The summed E-state index contributed by atoms with van der Waals surface area (Å²) < 4.78 is 0. The van der Waals surface area contributed by atoms with Crippen LogP contribution in [0, 0.1) is 6.92 Å². The minimum Gasteiger partial charge on any atom is -0.336 e. The molecule has 0 aliphatic carbocycles. The van der Waals surface area contributed by atoms with Gasteiger partial charge < -0.3 is 9.80 Å². The molecule has 1 aromatic rings. The number of nitrogens with zero attached hydrogens (tertiary/aromatic N) is 3. The Labute approximate surface area is 144 Å². The Bertz CT molecular complexity index is 546. The van der Waals surface area contributed by atoms with Crippen molar-refractivity contribution >= 4 is 17.2 Å². The summed E-state index contributed by atoms with van der Waals surface area (Å²) in [6.45, 7) is 7.32. The number of likely N-dealkylation sites (tertiary alicyclic amines) is 2. The maximum absolute atomic E-state index is 12.3. The fourth-order valence-electron chi connectivity index (χ4n) is 3.97. The lowest BCUT2D eigenvalue weighted by Gasteiger charge is -2.45. The minimum atomic E-state index is 0.148. The molecule has 4 nitrogen and oxygen atoms in total. The molecule has 2 aliphatic rings. The van der Waals surface area contributed by atoms with Crippen molar-refractivity contribution < 1.29 is 4.79 Å². The van der Waals surface area contributed by atoms with Gasteiger partial charge in [-0.1, -0.05) is 0 Å². The molecule has 2 fully saturated rings. The van der Waals surface area contributed by atoms with Crippen molar-refractivity contribution in [3.63, 3.8) is 0 Å². The van der Waals surface area contributed by atoms with E-state index < -0.39 is 0 Å². The zero-order chi connectivity index (χ0) is 16.4. The first-order chi connectivity index (χ1) is 11.0.